The molecule has 1 heterocycles. The average Bonchev–Trinajstić information content (AvgIpc) is 3.26. The Hall–Kier alpha value is -0.794. The molecule has 0 amide bonds. The predicted molar refractivity (Wildman–Crippen MR) is 109 cm³/mol. The number of furan rings is 1. The number of hydrogen-bond donors (Lipinski definition) is 2. The number of rotatable bonds is 0. The molecule has 0 atom stereocenters. The van der Waals surface area contributed by atoms with Gasteiger partial charge in [0, 0.05) is 0 Å². The Morgan fingerprint density at radius 3 is 2.07 bits per heavy atom. The number of hydrogen-bond acceptors (Lipinski definition) is 3. The van der Waals surface area contributed by atoms with Crippen LogP contribution in [-0.2, 0) is 17.4 Å². The minimum atomic E-state index is -4.89. The number of aryl methyl sites for hydroxylation is 2. The van der Waals surface area contributed by atoms with Gasteiger partial charge in [-0.3, -0.25) is 4.57 Å². The zero-order chi connectivity index (χ0) is 20.0. The van der Waals surface area contributed by atoms with Crippen LogP contribution in [0.4, 0.5) is 0 Å². The Labute approximate surface area is 212 Å². The summed E-state index contributed by atoms with van der Waals surface area (Å²) in [5.41, 5.74) is 3.17. The Bertz CT molecular complexity index is 1060. The normalized spacial score (nSPS) is 12.7. The van der Waals surface area contributed by atoms with Crippen LogP contribution < -0.4 is 56.3 Å². The topological polar surface area (TPSA) is 93.7 Å². The largest absolute Gasteiger partial charge is 1.00 e. The van der Waals surface area contributed by atoms with E-state index >= 15 is 0 Å². The van der Waals surface area contributed by atoms with Crippen LogP contribution in [-0.4, -0.2) is 9.79 Å². The minimum absolute atomic E-state index is 0. The fourth-order valence-corrected chi connectivity index (χ4v) is 3.57. The molecule has 5 rings (SSSR count). The van der Waals surface area contributed by atoms with E-state index in [4.69, 9.17) is 19.2 Å². The Morgan fingerprint density at radius 1 is 0.793 bits per heavy atom. The molecule has 0 fully saturated rings. The summed E-state index contributed by atoms with van der Waals surface area (Å²) in [6, 6.07) is 21.6. The van der Waals surface area contributed by atoms with Gasteiger partial charge in [0.2, 0.25) is 0 Å². The van der Waals surface area contributed by atoms with Gasteiger partial charge in [0.25, 0.3) is 7.82 Å². The molecule has 0 unspecified atom stereocenters. The maximum Gasteiger partial charge on any atom is 1.00 e. The smallest absolute Gasteiger partial charge is 0.756 e. The molecule has 1 aromatic heterocycles. The molecular formula is C22H22KO5P. The molecule has 2 N–H and O–H groups in total. The first-order valence-electron chi connectivity index (χ1n) is 9.09. The van der Waals surface area contributed by atoms with E-state index in [1.165, 1.54) is 47.2 Å². The van der Waals surface area contributed by atoms with Gasteiger partial charge in [-0.15, -0.1) is 0 Å². The minimum Gasteiger partial charge on any atom is -0.756 e. The van der Waals surface area contributed by atoms with Crippen molar-refractivity contribution >= 4 is 29.4 Å². The molecule has 0 saturated heterocycles. The molecule has 1 aliphatic rings. The number of fused-ring (bicyclic) bond motifs is 5. The molecule has 1 aliphatic carbocycles. The van der Waals surface area contributed by atoms with Crippen molar-refractivity contribution in [3.8, 4) is 0 Å². The van der Waals surface area contributed by atoms with Crippen LogP contribution in [0.1, 0.15) is 24.0 Å². The van der Waals surface area contributed by atoms with E-state index in [1.54, 1.807) is 23.7 Å². The van der Waals surface area contributed by atoms with Crippen molar-refractivity contribution < 1.29 is 75.0 Å². The van der Waals surface area contributed by atoms with Crippen LogP contribution in [0.25, 0.3) is 21.5 Å². The first kappa shape index (κ1) is 24.5. The van der Waals surface area contributed by atoms with E-state index in [-0.39, 0.29) is 51.4 Å². The van der Waals surface area contributed by atoms with Crippen LogP contribution in [0.3, 0.4) is 0 Å². The maximum atomic E-state index is 8.77. The Balaban J connectivity index is 0.000000228. The van der Waals surface area contributed by atoms with Gasteiger partial charge in [-0.1, -0.05) is 48.5 Å². The van der Waals surface area contributed by atoms with Crippen LogP contribution >= 0.6 is 7.82 Å². The van der Waals surface area contributed by atoms with Crippen molar-refractivity contribution in [1.82, 2.24) is 0 Å². The molecule has 3 aromatic carbocycles. The van der Waals surface area contributed by atoms with Crippen molar-refractivity contribution in [1.29, 1.82) is 0 Å². The summed E-state index contributed by atoms with van der Waals surface area (Å²) in [7, 11) is -4.89. The second-order valence-corrected chi connectivity index (χ2v) is 7.56. The van der Waals surface area contributed by atoms with Crippen molar-refractivity contribution in [2.75, 3.05) is 0 Å². The molecule has 7 heteroatoms. The van der Waals surface area contributed by atoms with Crippen LogP contribution in [0.15, 0.2) is 77.6 Å². The van der Waals surface area contributed by atoms with Crippen LogP contribution in [0, 0.1) is 0 Å². The molecule has 0 bridgehead atoms. The van der Waals surface area contributed by atoms with Gasteiger partial charge in [-0.25, -0.2) is 0 Å². The average molecular weight is 436 g/mol. The molecule has 4 aromatic rings. The fourth-order valence-electron chi connectivity index (χ4n) is 3.57. The van der Waals surface area contributed by atoms with Gasteiger partial charge in [0.05, 0.1) is 12.5 Å². The first-order chi connectivity index (χ1) is 13.4. The Morgan fingerprint density at radius 2 is 1.41 bits per heavy atom. The standard InChI is InChI=1S/C18H16.C4H4O.K.H3O4P/c1-3-7-15-13(5-1)9-11-18-16-8-4-2-6-14(16)10-12-17(15)18;1-2-4-5-3-1;;1-5(2,3)4/h1,3,5,7,9-12H,2,4,6,8H2;1-4H;;(H3,1,2,3,4)/q;;+1;/p-1. The summed E-state index contributed by atoms with van der Waals surface area (Å²) in [4.78, 5) is 22.9. The van der Waals surface area contributed by atoms with Gasteiger partial charge in [-0.2, -0.15) is 0 Å². The second kappa shape index (κ2) is 11.6. The molecule has 5 nitrogen and oxygen atoms in total. The Kier molecular flexibility index (Phi) is 9.76. The molecule has 0 radical (unpaired) electrons. The predicted octanol–water partition coefficient (Wildman–Crippen LogP) is 1.59. The second-order valence-electron chi connectivity index (χ2n) is 6.58. The fraction of sp³-hybridized carbons (Fsp3) is 0.182. The number of phosphoric acid groups is 1. The van der Waals surface area contributed by atoms with Crippen LogP contribution in [0.5, 0.6) is 0 Å². The van der Waals surface area contributed by atoms with Gasteiger partial charge in [0.15, 0.2) is 0 Å². The molecule has 29 heavy (non-hydrogen) atoms. The number of benzene rings is 3. The van der Waals surface area contributed by atoms with Gasteiger partial charge in [0.1, 0.15) is 0 Å². The van der Waals surface area contributed by atoms with Gasteiger partial charge < -0.3 is 19.1 Å². The summed E-state index contributed by atoms with van der Waals surface area (Å²) in [5.74, 6) is 0. The summed E-state index contributed by atoms with van der Waals surface area (Å²) in [6.45, 7) is 0. The van der Waals surface area contributed by atoms with Crippen LogP contribution in [0.2, 0.25) is 0 Å². The first-order valence-corrected chi connectivity index (χ1v) is 10.6. The van der Waals surface area contributed by atoms with Gasteiger partial charge >= 0.3 is 51.4 Å². The zero-order valence-corrected chi connectivity index (χ0v) is 20.3. The summed E-state index contributed by atoms with van der Waals surface area (Å²) in [5, 5.41) is 5.64. The zero-order valence-electron chi connectivity index (χ0n) is 16.3. The third-order valence-electron chi connectivity index (χ3n) is 4.68. The maximum absolute atomic E-state index is 8.77. The van der Waals surface area contributed by atoms with E-state index in [0.29, 0.717) is 0 Å². The van der Waals surface area contributed by atoms with Crippen molar-refractivity contribution in [3.05, 3.63) is 84.3 Å². The quantitative estimate of drug-likeness (QED) is 0.248. The van der Waals surface area contributed by atoms with E-state index in [1.807, 2.05) is 12.1 Å². The third-order valence-corrected chi connectivity index (χ3v) is 4.68. The van der Waals surface area contributed by atoms with Crippen molar-refractivity contribution in [2.45, 2.75) is 25.7 Å². The van der Waals surface area contributed by atoms with Crippen molar-refractivity contribution in [2.24, 2.45) is 0 Å². The monoisotopic (exact) mass is 436 g/mol. The third kappa shape index (κ3) is 7.44. The summed E-state index contributed by atoms with van der Waals surface area (Å²) in [6.07, 6.45) is 8.47. The van der Waals surface area contributed by atoms with E-state index in [9.17, 15) is 0 Å². The molecular weight excluding hydrogens is 414 g/mol. The van der Waals surface area contributed by atoms with E-state index < -0.39 is 7.82 Å². The molecule has 0 aliphatic heterocycles. The van der Waals surface area contributed by atoms with E-state index in [0.717, 1.165) is 0 Å². The molecule has 0 saturated carbocycles. The summed E-state index contributed by atoms with van der Waals surface area (Å²) < 4.78 is 13.4. The molecule has 0 spiro atoms. The van der Waals surface area contributed by atoms with Gasteiger partial charge in [-0.05, 0) is 70.5 Å². The van der Waals surface area contributed by atoms with Crippen molar-refractivity contribution in [3.63, 3.8) is 0 Å². The van der Waals surface area contributed by atoms with E-state index in [2.05, 4.69) is 52.9 Å². The molecule has 146 valence electrons. The summed E-state index contributed by atoms with van der Waals surface area (Å²) >= 11 is 0. The SMILES string of the molecule is O=P([O-])(O)O.[K+].c1ccc2c(c1)ccc1c3c(ccc12)CCCC3.c1ccoc1.